The van der Waals surface area contributed by atoms with E-state index in [1.807, 2.05) is 19.1 Å². The van der Waals surface area contributed by atoms with Crippen molar-refractivity contribution in [2.24, 2.45) is 10.9 Å². The molecular formula is C30H46N2O4. The van der Waals surface area contributed by atoms with Crippen molar-refractivity contribution in [2.75, 3.05) is 13.7 Å². The maximum absolute atomic E-state index is 12.5. The lowest BCUT2D eigenvalue weighted by molar-refractivity contribution is -0.143. The third kappa shape index (κ3) is 9.44. The van der Waals surface area contributed by atoms with Crippen LogP contribution in [0.25, 0.3) is 0 Å². The van der Waals surface area contributed by atoms with Gasteiger partial charge in [-0.25, -0.2) is 9.79 Å². The average Bonchev–Trinajstić information content (AvgIpc) is 2.86. The fourth-order valence-electron chi connectivity index (χ4n) is 4.81. The van der Waals surface area contributed by atoms with Crippen molar-refractivity contribution in [1.82, 2.24) is 5.32 Å². The summed E-state index contributed by atoms with van der Waals surface area (Å²) >= 11 is 0. The molecule has 1 N–H and O–H groups in total. The SMILES string of the molecule is CCCCCCCCC=CCCCCCc1cccc(C2NC(=O)N=C(C)C2C(=O)OC)c1OCC. The van der Waals surface area contributed by atoms with Crippen molar-refractivity contribution >= 4 is 17.7 Å². The molecule has 1 aromatic rings. The van der Waals surface area contributed by atoms with Crippen LogP contribution in [0.2, 0.25) is 0 Å². The number of urea groups is 1. The number of carbonyl (C=O) groups excluding carboxylic acids is 2. The maximum Gasteiger partial charge on any atom is 0.341 e. The molecule has 1 heterocycles. The van der Waals surface area contributed by atoms with Crippen molar-refractivity contribution in [2.45, 2.75) is 104 Å². The third-order valence-electron chi connectivity index (χ3n) is 6.75. The quantitative estimate of drug-likeness (QED) is 0.137. The number of carbonyl (C=O) groups is 2. The Hall–Kier alpha value is -2.63. The van der Waals surface area contributed by atoms with E-state index in [1.165, 1.54) is 58.5 Å². The van der Waals surface area contributed by atoms with Gasteiger partial charge < -0.3 is 14.8 Å². The predicted octanol–water partition coefficient (Wildman–Crippen LogP) is 7.51. The molecule has 0 radical (unpaired) electrons. The number of rotatable bonds is 17. The first-order chi connectivity index (χ1) is 17.5. The van der Waals surface area contributed by atoms with Crippen LogP contribution in [0.1, 0.15) is 109 Å². The molecule has 36 heavy (non-hydrogen) atoms. The Morgan fingerprint density at radius 2 is 1.67 bits per heavy atom. The normalized spacial score (nSPS) is 17.7. The van der Waals surface area contributed by atoms with Gasteiger partial charge in [-0.1, -0.05) is 75.8 Å². The van der Waals surface area contributed by atoms with Gasteiger partial charge in [0.1, 0.15) is 11.7 Å². The first-order valence-corrected chi connectivity index (χ1v) is 13.9. The van der Waals surface area contributed by atoms with Crippen LogP contribution in [0.15, 0.2) is 35.3 Å². The zero-order valence-electron chi connectivity index (χ0n) is 22.8. The first kappa shape index (κ1) is 29.6. The Balaban J connectivity index is 1.90. The van der Waals surface area contributed by atoms with Crippen molar-refractivity contribution in [3.05, 3.63) is 41.5 Å². The third-order valence-corrected chi connectivity index (χ3v) is 6.75. The molecule has 1 aliphatic heterocycles. The summed E-state index contributed by atoms with van der Waals surface area (Å²) in [7, 11) is 1.35. The number of nitrogens with one attached hydrogen (secondary N) is 1. The summed E-state index contributed by atoms with van der Waals surface area (Å²) in [5.74, 6) is -0.336. The Kier molecular flexibility index (Phi) is 13.9. The summed E-state index contributed by atoms with van der Waals surface area (Å²) in [5.41, 5.74) is 2.35. The molecule has 0 aromatic heterocycles. The summed E-state index contributed by atoms with van der Waals surface area (Å²) in [4.78, 5) is 28.7. The number of hydrogen-bond acceptors (Lipinski definition) is 4. The number of unbranched alkanes of at least 4 members (excludes halogenated alkanes) is 9. The molecule has 2 rings (SSSR count). The van der Waals surface area contributed by atoms with E-state index in [1.54, 1.807) is 6.92 Å². The molecular weight excluding hydrogens is 452 g/mol. The van der Waals surface area contributed by atoms with Crippen LogP contribution >= 0.6 is 0 Å². The number of hydrogen-bond donors (Lipinski definition) is 1. The van der Waals surface area contributed by atoms with Crippen LogP contribution in [0.4, 0.5) is 4.79 Å². The van der Waals surface area contributed by atoms with Crippen LogP contribution in [0.5, 0.6) is 5.75 Å². The van der Waals surface area contributed by atoms with Gasteiger partial charge in [-0.15, -0.1) is 0 Å². The van der Waals surface area contributed by atoms with Crippen molar-refractivity contribution in [1.29, 1.82) is 0 Å². The number of esters is 1. The summed E-state index contributed by atoms with van der Waals surface area (Å²) in [5, 5.41) is 2.86. The molecule has 2 unspecified atom stereocenters. The first-order valence-electron chi connectivity index (χ1n) is 13.9. The van der Waals surface area contributed by atoms with E-state index >= 15 is 0 Å². The molecule has 6 heteroatoms. The fraction of sp³-hybridized carbons (Fsp3) is 0.633. The Bertz CT molecular complexity index is 878. The molecule has 0 aliphatic carbocycles. The molecule has 0 saturated heterocycles. The minimum Gasteiger partial charge on any atom is -0.493 e. The topological polar surface area (TPSA) is 77.0 Å². The zero-order valence-corrected chi connectivity index (χ0v) is 22.8. The number of aliphatic imine (C=N–C) groups is 1. The Morgan fingerprint density at radius 1 is 1.00 bits per heavy atom. The minimum absolute atomic E-state index is 0.418. The Morgan fingerprint density at radius 3 is 2.33 bits per heavy atom. The van der Waals surface area contributed by atoms with Gasteiger partial charge in [0.2, 0.25) is 0 Å². The number of methoxy groups -OCH3 is 1. The molecule has 2 atom stereocenters. The van der Waals surface area contributed by atoms with Gasteiger partial charge in [0, 0.05) is 11.3 Å². The molecule has 0 fully saturated rings. The monoisotopic (exact) mass is 498 g/mol. The van der Waals surface area contributed by atoms with Crippen molar-refractivity contribution in [3.63, 3.8) is 0 Å². The van der Waals surface area contributed by atoms with Gasteiger partial charge in [0.25, 0.3) is 0 Å². The van der Waals surface area contributed by atoms with Gasteiger partial charge in [-0.3, -0.25) is 4.79 Å². The molecule has 0 spiro atoms. The number of ether oxygens (including phenoxy) is 2. The second-order valence-electron chi connectivity index (χ2n) is 9.58. The summed E-state index contributed by atoms with van der Waals surface area (Å²) in [6.07, 6.45) is 19.4. The standard InChI is InChI=1S/C30H46N2O4/c1-5-7-8-9-10-11-12-13-14-15-16-17-18-20-24-21-19-22-25(28(24)36-6-2)27-26(29(33)35-4)23(3)31-30(34)32-27/h13-14,19,21-22,26-27H,5-12,15-18,20H2,1-4H3,(H,32,34). The van der Waals surface area contributed by atoms with Gasteiger partial charge >= 0.3 is 12.0 Å². The Labute approximate surface area is 217 Å². The highest BCUT2D eigenvalue weighted by Crippen LogP contribution is 2.36. The van der Waals surface area contributed by atoms with Crippen LogP contribution in [0, 0.1) is 5.92 Å². The van der Waals surface area contributed by atoms with E-state index < -0.39 is 24.0 Å². The highest BCUT2D eigenvalue weighted by Gasteiger charge is 2.39. The molecule has 200 valence electrons. The fourth-order valence-corrected chi connectivity index (χ4v) is 4.81. The largest absolute Gasteiger partial charge is 0.493 e. The number of nitrogens with zero attached hydrogens (tertiary/aromatic N) is 1. The summed E-state index contributed by atoms with van der Waals surface area (Å²) in [6, 6.07) is 4.95. The number of amides is 2. The smallest absolute Gasteiger partial charge is 0.341 e. The van der Waals surface area contributed by atoms with Gasteiger partial charge in [-0.2, -0.15) is 0 Å². The molecule has 0 saturated carbocycles. The van der Waals surface area contributed by atoms with E-state index in [-0.39, 0.29) is 0 Å². The highest BCUT2D eigenvalue weighted by molar-refractivity contribution is 6.08. The van der Waals surface area contributed by atoms with Crippen molar-refractivity contribution in [3.8, 4) is 5.75 Å². The number of para-hydroxylation sites is 1. The number of aryl methyl sites for hydroxylation is 1. The van der Waals surface area contributed by atoms with Crippen LogP contribution in [-0.2, 0) is 16.0 Å². The van der Waals surface area contributed by atoms with Gasteiger partial charge in [-0.05, 0) is 57.9 Å². The molecule has 2 amide bonds. The molecule has 1 aromatic carbocycles. The van der Waals surface area contributed by atoms with Crippen molar-refractivity contribution < 1.29 is 19.1 Å². The average molecular weight is 499 g/mol. The second kappa shape index (κ2) is 16.9. The highest BCUT2D eigenvalue weighted by atomic mass is 16.5. The van der Waals surface area contributed by atoms with Gasteiger partial charge in [0.15, 0.2) is 0 Å². The summed E-state index contributed by atoms with van der Waals surface area (Å²) < 4.78 is 11.1. The zero-order chi connectivity index (χ0) is 26.2. The van der Waals surface area contributed by atoms with E-state index in [9.17, 15) is 9.59 Å². The lowest BCUT2D eigenvalue weighted by Crippen LogP contribution is -2.44. The van der Waals surface area contributed by atoms with Crippen LogP contribution in [-0.4, -0.2) is 31.4 Å². The van der Waals surface area contributed by atoms with Crippen LogP contribution < -0.4 is 10.1 Å². The predicted molar refractivity (Wildman–Crippen MR) is 147 cm³/mol. The maximum atomic E-state index is 12.5. The van der Waals surface area contributed by atoms with E-state index in [0.29, 0.717) is 12.3 Å². The molecule has 6 nitrogen and oxygen atoms in total. The number of allylic oxidation sites excluding steroid dienone is 2. The second-order valence-corrected chi connectivity index (χ2v) is 9.58. The number of benzene rings is 1. The van der Waals surface area contributed by atoms with E-state index in [0.717, 1.165) is 42.6 Å². The lowest BCUT2D eigenvalue weighted by atomic mass is 9.86. The van der Waals surface area contributed by atoms with E-state index in [2.05, 4.69) is 35.5 Å². The summed E-state index contributed by atoms with van der Waals surface area (Å²) in [6.45, 7) is 6.40. The van der Waals surface area contributed by atoms with Gasteiger partial charge in [0.05, 0.1) is 19.8 Å². The molecule has 1 aliphatic rings. The lowest BCUT2D eigenvalue weighted by Gasteiger charge is -2.31. The minimum atomic E-state index is -0.676. The molecule has 0 bridgehead atoms. The van der Waals surface area contributed by atoms with Crippen LogP contribution in [0.3, 0.4) is 0 Å². The van der Waals surface area contributed by atoms with E-state index in [4.69, 9.17) is 9.47 Å².